The van der Waals surface area contributed by atoms with Gasteiger partial charge in [0.15, 0.2) is 0 Å². The molecule has 2 aromatic rings. The molecule has 0 unspecified atom stereocenters. The quantitative estimate of drug-likeness (QED) is 0.867. The molecular formula is C11H12N4O2S. The van der Waals surface area contributed by atoms with Crippen LogP contribution in [-0.2, 0) is 10.0 Å². The van der Waals surface area contributed by atoms with E-state index in [0.29, 0.717) is 5.69 Å². The number of hydrogen-bond donors (Lipinski definition) is 2. The number of sulfonamides is 1. The van der Waals surface area contributed by atoms with Gasteiger partial charge in [0.05, 0.1) is 11.9 Å². The Morgan fingerprint density at radius 3 is 2.61 bits per heavy atom. The summed E-state index contributed by atoms with van der Waals surface area (Å²) in [7, 11) is -3.65. The number of aryl methyl sites for hydroxylation is 1. The summed E-state index contributed by atoms with van der Waals surface area (Å²) in [6.07, 6.45) is 4.29. The number of pyridine rings is 2. The molecular weight excluding hydrogens is 252 g/mol. The smallest absolute Gasteiger partial charge is 0.263 e. The molecule has 0 radical (unpaired) electrons. The van der Waals surface area contributed by atoms with E-state index in [0.717, 1.165) is 5.56 Å². The second-order valence-corrected chi connectivity index (χ2v) is 5.46. The lowest BCUT2D eigenvalue weighted by atomic mass is 10.3. The van der Waals surface area contributed by atoms with Gasteiger partial charge >= 0.3 is 0 Å². The molecule has 0 bridgehead atoms. The van der Waals surface area contributed by atoms with Crippen molar-refractivity contribution >= 4 is 21.5 Å². The van der Waals surface area contributed by atoms with E-state index in [1.807, 2.05) is 6.92 Å². The maximum atomic E-state index is 12.0. The van der Waals surface area contributed by atoms with E-state index < -0.39 is 10.0 Å². The standard InChI is InChI=1S/C11H12N4O2S/c1-8-4-9(6-13-5-8)15-18(16,17)10-2-3-11(12)14-7-10/h2-7,15H,1H3,(H2,12,14). The molecule has 2 rings (SSSR count). The normalized spacial score (nSPS) is 11.2. The summed E-state index contributed by atoms with van der Waals surface area (Å²) in [6.45, 7) is 1.83. The molecule has 0 aliphatic rings. The highest BCUT2D eigenvalue weighted by Gasteiger charge is 2.14. The van der Waals surface area contributed by atoms with Gasteiger partial charge in [-0.1, -0.05) is 0 Å². The highest BCUT2D eigenvalue weighted by Crippen LogP contribution is 2.15. The third-order valence-corrected chi connectivity index (χ3v) is 3.56. The van der Waals surface area contributed by atoms with Crippen LogP contribution in [-0.4, -0.2) is 18.4 Å². The van der Waals surface area contributed by atoms with E-state index in [-0.39, 0.29) is 10.7 Å². The molecule has 0 saturated heterocycles. The second kappa shape index (κ2) is 4.61. The highest BCUT2D eigenvalue weighted by atomic mass is 32.2. The van der Waals surface area contributed by atoms with Gasteiger partial charge in [-0.25, -0.2) is 13.4 Å². The van der Waals surface area contributed by atoms with Crippen LogP contribution in [0.25, 0.3) is 0 Å². The summed E-state index contributed by atoms with van der Waals surface area (Å²) in [5, 5.41) is 0. The van der Waals surface area contributed by atoms with Crippen LogP contribution in [0.15, 0.2) is 41.7 Å². The van der Waals surface area contributed by atoms with Crippen molar-refractivity contribution in [3.63, 3.8) is 0 Å². The van der Waals surface area contributed by atoms with E-state index in [9.17, 15) is 8.42 Å². The average Bonchev–Trinajstić information content (AvgIpc) is 2.29. The summed E-state index contributed by atoms with van der Waals surface area (Å²) in [4.78, 5) is 7.72. The third-order valence-electron chi connectivity index (χ3n) is 2.20. The Morgan fingerprint density at radius 2 is 2.00 bits per heavy atom. The molecule has 0 spiro atoms. The number of nitrogens with two attached hydrogens (primary N) is 1. The zero-order valence-electron chi connectivity index (χ0n) is 9.66. The van der Waals surface area contributed by atoms with Crippen molar-refractivity contribution in [2.75, 3.05) is 10.5 Å². The number of anilines is 2. The van der Waals surface area contributed by atoms with Crippen molar-refractivity contribution in [2.45, 2.75) is 11.8 Å². The minimum Gasteiger partial charge on any atom is -0.384 e. The topological polar surface area (TPSA) is 98.0 Å². The van der Waals surface area contributed by atoms with Gasteiger partial charge in [0.25, 0.3) is 10.0 Å². The van der Waals surface area contributed by atoms with Gasteiger partial charge in [0.1, 0.15) is 10.7 Å². The van der Waals surface area contributed by atoms with Crippen molar-refractivity contribution in [2.24, 2.45) is 0 Å². The van der Waals surface area contributed by atoms with E-state index in [1.54, 1.807) is 12.3 Å². The summed E-state index contributed by atoms with van der Waals surface area (Å²) < 4.78 is 26.4. The molecule has 2 heterocycles. The van der Waals surface area contributed by atoms with Crippen LogP contribution in [0.2, 0.25) is 0 Å². The lowest BCUT2D eigenvalue weighted by Crippen LogP contribution is -2.13. The van der Waals surface area contributed by atoms with Gasteiger partial charge < -0.3 is 5.73 Å². The first-order valence-electron chi connectivity index (χ1n) is 5.13. The minimum absolute atomic E-state index is 0.0539. The average molecular weight is 264 g/mol. The Morgan fingerprint density at radius 1 is 1.22 bits per heavy atom. The maximum absolute atomic E-state index is 12.0. The first-order chi connectivity index (χ1) is 8.47. The van der Waals surface area contributed by atoms with Crippen LogP contribution in [0, 0.1) is 6.92 Å². The molecule has 94 valence electrons. The number of nitrogen functional groups attached to an aromatic ring is 1. The lowest BCUT2D eigenvalue weighted by molar-refractivity contribution is 0.601. The van der Waals surface area contributed by atoms with E-state index >= 15 is 0 Å². The summed E-state index contributed by atoms with van der Waals surface area (Å²) in [5.41, 5.74) is 6.68. The van der Waals surface area contributed by atoms with E-state index in [1.165, 1.54) is 24.5 Å². The molecule has 0 aromatic carbocycles. The van der Waals surface area contributed by atoms with E-state index in [4.69, 9.17) is 5.73 Å². The number of nitrogens with one attached hydrogen (secondary N) is 1. The zero-order chi connectivity index (χ0) is 13.2. The SMILES string of the molecule is Cc1cncc(NS(=O)(=O)c2ccc(N)nc2)c1. The Hall–Kier alpha value is -2.15. The Balaban J connectivity index is 2.30. The number of rotatable bonds is 3. The first kappa shape index (κ1) is 12.3. The third kappa shape index (κ3) is 2.75. The second-order valence-electron chi connectivity index (χ2n) is 3.78. The summed E-state index contributed by atoms with van der Waals surface area (Å²) in [6, 6.07) is 4.52. The van der Waals surface area contributed by atoms with Gasteiger partial charge in [-0.05, 0) is 30.7 Å². The van der Waals surface area contributed by atoms with Gasteiger partial charge in [0, 0.05) is 12.4 Å². The minimum atomic E-state index is -3.65. The van der Waals surface area contributed by atoms with Crippen molar-refractivity contribution in [1.29, 1.82) is 0 Å². The van der Waals surface area contributed by atoms with Crippen LogP contribution >= 0.6 is 0 Å². The van der Waals surface area contributed by atoms with Gasteiger partial charge in [0.2, 0.25) is 0 Å². The highest BCUT2D eigenvalue weighted by molar-refractivity contribution is 7.92. The van der Waals surface area contributed by atoms with Crippen LogP contribution < -0.4 is 10.5 Å². The lowest BCUT2D eigenvalue weighted by Gasteiger charge is -2.07. The number of aromatic nitrogens is 2. The Labute approximate surface area is 105 Å². The molecule has 6 nitrogen and oxygen atoms in total. The fourth-order valence-electron chi connectivity index (χ4n) is 1.38. The van der Waals surface area contributed by atoms with Crippen LogP contribution in [0.3, 0.4) is 0 Å². The molecule has 0 aliphatic heterocycles. The number of hydrogen-bond acceptors (Lipinski definition) is 5. The van der Waals surface area contributed by atoms with Crippen LogP contribution in [0.4, 0.5) is 11.5 Å². The molecule has 7 heteroatoms. The van der Waals surface area contributed by atoms with Crippen molar-refractivity contribution in [1.82, 2.24) is 9.97 Å². The summed E-state index contributed by atoms with van der Waals surface area (Å²) in [5.74, 6) is 0.270. The van der Waals surface area contributed by atoms with Crippen molar-refractivity contribution in [3.8, 4) is 0 Å². The monoisotopic (exact) mass is 264 g/mol. The van der Waals surface area contributed by atoms with Crippen LogP contribution in [0.5, 0.6) is 0 Å². The van der Waals surface area contributed by atoms with Gasteiger partial charge in [-0.3, -0.25) is 9.71 Å². The molecule has 0 amide bonds. The fraction of sp³-hybridized carbons (Fsp3) is 0.0909. The van der Waals surface area contributed by atoms with Gasteiger partial charge in [-0.15, -0.1) is 0 Å². The van der Waals surface area contributed by atoms with Crippen molar-refractivity contribution < 1.29 is 8.42 Å². The molecule has 0 atom stereocenters. The maximum Gasteiger partial charge on any atom is 0.263 e. The van der Waals surface area contributed by atoms with E-state index in [2.05, 4.69) is 14.7 Å². The predicted octanol–water partition coefficient (Wildman–Crippen LogP) is 1.17. The zero-order valence-corrected chi connectivity index (χ0v) is 10.5. The molecule has 3 N–H and O–H groups in total. The predicted molar refractivity (Wildman–Crippen MR) is 68.4 cm³/mol. The Kier molecular flexibility index (Phi) is 3.15. The summed E-state index contributed by atoms with van der Waals surface area (Å²) >= 11 is 0. The fourth-order valence-corrected chi connectivity index (χ4v) is 2.35. The molecule has 0 aliphatic carbocycles. The van der Waals surface area contributed by atoms with Crippen LogP contribution in [0.1, 0.15) is 5.56 Å². The molecule has 0 saturated carbocycles. The molecule has 0 fully saturated rings. The van der Waals surface area contributed by atoms with Crippen molar-refractivity contribution in [3.05, 3.63) is 42.4 Å². The Bertz CT molecular complexity index is 653. The molecule has 2 aromatic heterocycles. The largest absolute Gasteiger partial charge is 0.384 e. The first-order valence-corrected chi connectivity index (χ1v) is 6.62. The number of nitrogens with zero attached hydrogens (tertiary/aromatic N) is 2. The molecule has 18 heavy (non-hydrogen) atoms. The van der Waals surface area contributed by atoms with Gasteiger partial charge in [-0.2, -0.15) is 0 Å².